The van der Waals surface area contributed by atoms with Crippen molar-refractivity contribution in [1.29, 1.82) is 5.26 Å². The van der Waals surface area contributed by atoms with E-state index in [2.05, 4.69) is 38.1 Å². The van der Waals surface area contributed by atoms with Crippen LogP contribution in [0, 0.1) is 17.1 Å². The number of aromatic nitrogens is 3. The molecule has 0 amide bonds. The van der Waals surface area contributed by atoms with Gasteiger partial charge in [0.1, 0.15) is 23.4 Å². The molecule has 0 spiro atoms. The number of nitrogens with zero attached hydrogens (tertiary/aromatic N) is 5. The zero-order valence-electron chi connectivity index (χ0n) is 17.3. The van der Waals surface area contributed by atoms with E-state index < -0.39 is 5.82 Å². The van der Waals surface area contributed by atoms with Crippen LogP contribution in [-0.4, -0.2) is 58.4 Å². The highest BCUT2D eigenvalue weighted by atomic mass is 19.1. The van der Waals surface area contributed by atoms with Crippen LogP contribution in [0.15, 0.2) is 34.7 Å². The van der Waals surface area contributed by atoms with E-state index in [-0.39, 0.29) is 28.4 Å². The molecular formula is C22H20FN7O2. The highest BCUT2D eigenvalue weighted by molar-refractivity contribution is 6.03. The molecule has 3 aromatic heterocycles. The molecule has 4 aromatic rings. The number of likely N-dealkylation sites (N-methyl/N-ethyl adjacent to an activating group) is 1. The number of pyridine rings is 1. The molecule has 0 bridgehead atoms. The lowest BCUT2D eigenvalue weighted by Crippen LogP contribution is -2.44. The minimum Gasteiger partial charge on any atom is -0.508 e. The molecule has 1 aromatic carbocycles. The fourth-order valence-corrected chi connectivity index (χ4v) is 3.99. The molecule has 32 heavy (non-hydrogen) atoms. The van der Waals surface area contributed by atoms with Crippen molar-refractivity contribution < 1.29 is 13.9 Å². The van der Waals surface area contributed by atoms with E-state index in [0.717, 1.165) is 32.2 Å². The van der Waals surface area contributed by atoms with E-state index in [1.165, 1.54) is 12.1 Å². The van der Waals surface area contributed by atoms with Crippen molar-refractivity contribution >= 4 is 22.7 Å². The van der Waals surface area contributed by atoms with E-state index in [1.807, 2.05) is 6.07 Å². The van der Waals surface area contributed by atoms with Gasteiger partial charge in [0.25, 0.3) is 0 Å². The number of nitrogens with two attached hydrogens (primary N) is 1. The number of nitriles is 1. The first-order chi connectivity index (χ1) is 15.5. The van der Waals surface area contributed by atoms with Crippen molar-refractivity contribution in [2.45, 2.75) is 0 Å². The third kappa shape index (κ3) is 3.19. The van der Waals surface area contributed by atoms with Gasteiger partial charge in [-0.2, -0.15) is 10.4 Å². The number of piperazine rings is 1. The molecule has 4 heterocycles. The number of furan rings is 1. The largest absolute Gasteiger partial charge is 0.508 e. The first-order valence-corrected chi connectivity index (χ1v) is 10.1. The number of halogens is 1. The van der Waals surface area contributed by atoms with Crippen molar-refractivity contribution in [3.8, 4) is 34.4 Å². The summed E-state index contributed by atoms with van der Waals surface area (Å²) in [7, 11) is 2.07. The summed E-state index contributed by atoms with van der Waals surface area (Å²) in [6, 6.07) is 9.45. The quantitative estimate of drug-likeness (QED) is 0.449. The Kier molecular flexibility index (Phi) is 4.68. The van der Waals surface area contributed by atoms with Gasteiger partial charge >= 0.3 is 0 Å². The summed E-state index contributed by atoms with van der Waals surface area (Å²) in [5, 5.41) is 26.8. The van der Waals surface area contributed by atoms with E-state index in [4.69, 9.17) is 10.2 Å². The zero-order valence-corrected chi connectivity index (χ0v) is 17.3. The number of anilines is 2. The van der Waals surface area contributed by atoms with Crippen LogP contribution in [0.2, 0.25) is 0 Å². The molecule has 5 rings (SSSR count). The van der Waals surface area contributed by atoms with Crippen LogP contribution in [0.1, 0.15) is 5.56 Å². The monoisotopic (exact) mass is 433 g/mol. The summed E-state index contributed by atoms with van der Waals surface area (Å²) in [6.07, 6.45) is 0. The van der Waals surface area contributed by atoms with Crippen molar-refractivity contribution in [3.05, 3.63) is 41.7 Å². The maximum absolute atomic E-state index is 14.7. The summed E-state index contributed by atoms with van der Waals surface area (Å²) in [5.74, 6) is 0.330. The molecule has 4 N–H and O–H groups in total. The molecule has 1 saturated heterocycles. The molecule has 1 aliphatic rings. The number of phenols is 1. The number of H-pyrrole nitrogens is 1. The summed E-state index contributed by atoms with van der Waals surface area (Å²) in [4.78, 5) is 8.79. The summed E-state index contributed by atoms with van der Waals surface area (Å²) in [6.45, 7) is 3.46. The van der Waals surface area contributed by atoms with E-state index in [1.54, 1.807) is 6.07 Å². The first-order valence-electron chi connectivity index (χ1n) is 10.1. The van der Waals surface area contributed by atoms with Gasteiger partial charge in [-0.1, -0.05) is 0 Å². The van der Waals surface area contributed by atoms with Gasteiger partial charge < -0.3 is 25.1 Å². The van der Waals surface area contributed by atoms with Crippen LogP contribution in [0.4, 0.5) is 16.1 Å². The molecule has 162 valence electrons. The Morgan fingerprint density at radius 3 is 2.72 bits per heavy atom. The maximum Gasteiger partial charge on any atom is 0.196 e. The third-order valence-corrected chi connectivity index (χ3v) is 5.71. The number of hydrogen-bond acceptors (Lipinski definition) is 8. The Bertz CT molecular complexity index is 1360. The van der Waals surface area contributed by atoms with Gasteiger partial charge in [-0.15, -0.1) is 0 Å². The highest BCUT2D eigenvalue weighted by Crippen LogP contribution is 2.40. The lowest BCUT2D eigenvalue weighted by Gasteiger charge is -2.32. The van der Waals surface area contributed by atoms with Gasteiger partial charge in [0, 0.05) is 43.9 Å². The fourth-order valence-electron chi connectivity index (χ4n) is 3.99. The number of aromatic hydroxyl groups is 1. The van der Waals surface area contributed by atoms with Crippen LogP contribution in [-0.2, 0) is 0 Å². The van der Waals surface area contributed by atoms with Gasteiger partial charge in [-0.05, 0) is 25.2 Å². The molecule has 0 radical (unpaired) electrons. The maximum atomic E-state index is 14.7. The SMILES string of the molecule is CN1CCN(c2ccc(-c3c(C#N)c(-c4ccc(O)cc4F)nc4[nH]nc(N)c34)o2)CC1. The molecule has 1 aliphatic heterocycles. The average Bonchev–Trinajstić information content (AvgIpc) is 3.40. The Hall–Kier alpha value is -4.10. The number of hydrogen-bond donors (Lipinski definition) is 3. The van der Waals surface area contributed by atoms with Gasteiger partial charge in [0.15, 0.2) is 17.3 Å². The number of nitrogen functional groups attached to an aromatic ring is 1. The molecule has 9 nitrogen and oxygen atoms in total. The molecule has 0 unspecified atom stereocenters. The third-order valence-electron chi connectivity index (χ3n) is 5.71. The van der Waals surface area contributed by atoms with Crippen LogP contribution < -0.4 is 10.6 Å². The molecule has 0 saturated carbocycles. The molecule has 10 heteroatoms. The van der Waals surface area contributed by atoms with Gasteiger partial charge in [0.05, 0.1) is 22.2 Å². The van der Waals surface area contributed by atoms with Gasteiger partial charge in [-0.25, -0.2) is 9.37 Å². The van der Waals surface area contributed by atoms with E-state index in [9.17, 15) is 14.8 Å². The van der Waals surface area contributed by atoms with E-state index >= 15 is 0 Å². The van der Waals surface area contributed by atoms with Crippen LogP contribution in [0.3, 0.4) is 0 Å². The lowest BCUT2D eigenvalue weighted by atomic mass is 9.97. The summed E-state index contributed by atoms with van der Waals surface area (Å²) in [5.41, 5.74) is 7.06. The van der Waals surface area contributed by atoms with E-state index in [0.29, 0.717) is 28.2 Å². The number of fused-ring (bicyclic) bond motifs is 1. The standard InChI is InChI=1S/C22H20FN7O2/c1-29-6-8-30(9-7-29)17-5-4-16(32-17)18-14(11-24)20(13-3-2-12(31)10-15(13)23)26-22-19(18)21(25)27-28-22/h2-5,10,31H,6-9H2,1H3,(H3,25,26,27,28). The van der Waals surface area contributed by atoms with Crippen molar-refractivity contribution in [3.63, 3.8) is 0 Å². The number of nitrogens with one attached hydrogen (secondary N) is 1. The highest BCUT2D eigenvalue weighted by Gasteiger charge is 2.26. The molecule has 0 atom stereocenters. The van der Waals surface area contributed by atoms with Gasteiger partial charge in [0.2, 0.25) is 0 Å². The Labute approximate surface area is 182 Å². The summed E-state index contributed by atoms with van der Waals surface area (Å²) < 4.78 is 20.8. The van der Waals surface area contributed by atoms with Gasteiger partial charge in [-0.3, -0.25) is 5.10 Å². The molecule has 0 aliphatic carbocycles. The van der Waals surface area contributed by atoms with Crippen molar-refractivity contribution in [1.82, 2.24) is 20.1 Å². The van der Waals surface area contributed by atoms with Crippen molar-refractivity contribution in [2.75, 3.05) is 43.9 Å². The van der Waals surface area contributed by atoms with Crippen molar-refractivity contribution in [2.24, 2.45) is 0 Å². The predicted octanol–water partition coefficient (Wildman–Crippen LogP) is 2.94. The average molecular weight is 433 g/mol. The Balaban J connectivity index is 1.71. The summed E-state index contributed by atoms with van der Waals surface area (Å²) >= 11 is 0. The first kappa shape index (κ1) is 19.8. The smallest absolute Gasteiger partial charge is 0.196 e. The number of phenolic OH excluding ortho intramolecular Hbond substituents is 1. The molecular weight excluding hydrogens is 413 g/mol. The predicted molar refractivity (Wildman–Crippen MR) is 117 cm³/mol. The van der Waals surface area contributed by atoms with Crippen LogP contribution in [0.5, 0.6) is 5.75 Å². The minimum absolute atomic E-state index is 0.0709. The lowest BCUT2D eigenvalue weighted by molar-refractivity contribution is 0.306. The molecule has 1 fully saturated rings. The topological polar surface area (TPSA) is 131 Å². The second-order valence-electron chi connectivity index (χ2n) is 7.75. The minimum atomic E-state index is -0.704. The van der Waals surface area contributed by atoms with Crippen LogP contribution >= 0.6 is 0 Å². The number of benzene rings is 1. The second kappa shape index (κ2) is 7.55. The number of aromatic amines is 1. The number of rotatable bonds is 3. The van der Waals surface area contributed by atoms with Crippen LogP contribution in [0.25, 0.3) is 33.6 Å². The Morgan fingerprint density at radius 2 is 2.00 bits per heavy atom. The zero-order chi connectivity index (χ0) is 22.4. The fraction of sp³-hybridized carbons (Fsp3) is 0.227. The normalized spacial score (nSPS) is 14.7. The Morgan fingerprint density at radius 1 is 1.22 bits per heavy atom. The second-order valence-corrected chi connectivity index (χ2v) is 7.75.